The van der Waals surface area contributed by atoms with Crippen LogP contribution in [-0.4, -0.2) is 11.7 Å². The summed E-state index contributed by atoms with van der Waals surface area (Å²) in [6, 6.07) is 10.2. The molecule has 2 aromatic rings. The Bertz CT molecular complexity index is 567. The van der Waals surface area contributed by atoms with Crippen LogP contribution in [0.3, 0.4) is 0 Å². The van der Waals surface area contributed by atoms with E-state index in [1.165, 1.54) is 6.07 Å². The van der Waals surface area contributed by atoms with Gasteiger partial charge < -0.3 is 15.6 Å². The average Bonchev–Trinajstić information content (AvgIpc) is 2.38. The Balaban J connectivity index is 2.19. The minimum Gasteiger partial charge on any atom is -0.455 e. The lowest BCUT2D eigenvalue weighted by atomic mass is 10.1. The molecule has 0 fully saturated rings. The lowest BCUT2D eigenvalue weighted by Gasteiger charge is -2.10. The van der Waals surface area contributed by atoms with Crippen LogP contribution >= 0.6 is 0 Å². The predicted octanol–water partition coefficient (Wildman–Crippen LogP) is 3.04. The van der Waals surface area contributed by atoms with Gasteiger partial charge in [-0.25, -0.2) is 4.39 Å². The number of ether oxygens (including phenoxy) is 1. The molecule has 0 saturated carbocycles. The second-order valence-corrected chi connectivity index (χ2v) is 4.36. The van der Waals surface area contributed by atoms with Crippen LogP contribution in [0.4, 0.5) is 10.1 Å². The van der Waals surface area contributed by atoms with E-state index in [0.29, 0.717) is 23.5 Å². The summed E-state index contributed by atoms with van der Waals surface area (Å²) in [4.78, 5) is 0. The third kappa shape index (κ3) is 3.23. The summed E-state index contributed by atoms with van der Waals surface area (Å²) >= 11 is 0. The van der Waals surface area contributed by atoms with Gasteiger partial charge in [-0.15, -0.1) is 0 Å². The van der Waals surface area contributed by atoms with Gasteiger partial charge in [-0.05, 0) is 42.7 Å². The highest BCUT2D eigenvalue weighted by Gasteiger charge is 2.07. The van der Waals surface area contributed by atoms with Gasteiger partial charge in [-0.3, -0.25) is 0 Å². The minimum atomic E-state index is -0.344. The Morgan fingerprint density at radius 3 is 2.53 bits per heavy atom. The summed E-state index contributed by atoms with van der Waals surface area (Å²) in [7, 11) is 0. The van der Waals surface area contributed by atoms with E-state index in [1.807, 2.05) is 12.1 Å². The first-order chi connectivity index (χ1) is 9.10. The molecule has 3 nitrogen and oxygen atoms in total. The maximum Gasteiger partial charge on any atom is 0.150 e. The van der Waals surface area contributed by atoms with E-state index in [9.17, 15) is 4.39 Å². The highest BCUT2D eigenvalue weighted by Crippen LogP contribution is 2.29. The molecular formula is C15H16FNO2. The van der Waals surface area contributed by atoms with Crippen molar-refractivity contribution in [3.63, 3.8) is 0 Å². The van der Waals surface area contributed by atoms with Crippen molar-refractivity contribution in [1.29, 1.82) is 0 Å². The van der Waals surface area contributed by atoms with Crippen molar-refractivity contribution in [3.8, 4) is 11.5 Å². The van der Waals surface area contributed by atoms with E-state index in [-0.39, 0.29) is 18.1 Å². The van der Waals surface area contributed by atoms with Crippen LogP contribution in [0.15, 0.2) is 36.4 Å². The van der Waals surface area contributed by atoms with Gasteiger partial charge in [0, 0.05) is 12.7 Å². The second kappa shape index (κ2) is 5.71. The van der Waals surface area contributed by atoms with Crippen molar-refractivity contribution < 1.29 is 14.2 Å². The number of nitrogens with two attached hydrogens (primary N) is 1. The zero-order chi connectivity index (χ0) is 13.8. The number of rotatable bonds is 4. The molecule has 0 atom stereocenters. The van der Waals surface area contributed by atoms with Crippen LogP contribution < -0.4 is 10.5 Å². The first-order valence-electron chi connectivity index (χ1n) is 6.03. The standard InChI is InChI=1S/C15H16FNO2/c1-10-8-15(14(17)9-13(10)16)19-12-4-2-11(3-5-12)6-7-18/h2-5,8-9,18H,6-7,17H2,1H3. The van der Waals surface area contributed by atoms with Crippen molar-refractivity contribution in [3.05, 3.63) is 53.3 Å². The zero-order valence-electron chi connectivity index (χ0n) is 10.7. The molecule has 19 heavy (non-hydrogen) atoms. The predicted molar refractivity (Wildman–Crippen MR) is 72.9 cm³/mol. The van der Waals surface area contributed by atoms with Gasteiger partial charge in [0.2, 0.25) is 0 Å². The summed E-state index contributed by atoms with van der Waals surface area (Å²) in [5, 5.41) is 8.83. The smallest absolute Gasteiger partial charge is 0.150 e. The Labute approximate surface area is 111 Å². The minimum absolute atomic E-state index is 0.115. The quantitative estimate of drug-likeness (QED) is 0.832. The molecule has 2 rings (SSSR count). The molecule has 2 aromatic carbocycles. The summed E-state index contributed by atoms with van der Waals surface area (Å²) in [6.07, 6.45) is 0.609. The lowest BCUT2D eigenvalue weighted by Crippen LogP contribution is -1.96. The molecular weight excluding hydrogens is 245 g/mol. The summed E-state index contributed by atoms with van der Waals surface area (Å²) in [5.41, 5.74) is 7.50. The molecule has 0 bridgehead atoms. The monoisotopic (exact) mass is 261 g/mol. The van der Waals surface area contributed by atoms with Crippen molar-refractivity contribution in [1.82, 2.24) is 0 Å². The highest BCUT2D eigenvalue weighted by atomic mass is 19.1. The number of aliphatic hydroxyl groups is 1. The molecule has 4 heteroatoms. The fourth-order valence-corrected chi connectivity index (χ4v) is 1.74. The maximum absolute atomic E-state index is 13.3. The molecule has 0 amide bonds. The fraction of sp³-hybridized carbons (Fsp3) is 0.200. The number of hydrogen-bond acceptors (Lipinski definition) is 3. The largest absolute Gasteiger partial charge is 0.455 e. The molecule has 0 aliphatic rings. The maximum atomic E-state index is 13.3. The van der Waals surface area contributed by atoms with Crippen LogP contribution in [0.25, 0.3) is 0 Å². The molecule has 0 aliphatic carbocycles. The van der Waals surface area contributed by atoms with Crippen LogP contribution in [-0.2, 0) is 6.42 Å². The van der Waals surface area contributed by atoms with Crippen LogP contribution in [0.2, 0.25) is 0 Å². The first-order valence-corrected chi connectivity index (χ1v) is 6.03. The third-order valence-electron chi connectivity index (χ3n) is 2.84. The first kappa shape index (κ1) is 13.4. The molecule has 3 N–H and O–H groups in total. The summed E-state index contributed by atoms with van der Waals surface area (Å²) in [6.45, 7) is 1.77. The second-order valence-electron chi connectivity index (χ2n) is 4.36. The Morgan fingerprint density at radius 2 is 1.89 bits per heavy atom. The van der Waals surface area contributed by atoms with Crippen molar-refractivity contribution in [2.75, 3.05) is 12.3 Å². The molecule has 0 spiro atoms. The summed E-state index contributed by atoms with van der Waals surface area (Å²) < 4.78 is 18.9. The van der Waals surface area contributed by atoms with Crippen LogP contribution in [0.5, 0.6) is 11.5 Å². The molecule has 0 radical (unpaired) electrons. The number of aryl methyl sites for hydroxylation is 1. The number of halogens is 1. The highest BCUT2D eigenvalue weighted by molar-refractivity contribution is 5.55. The van der Waals surface area contributed by atoms with E-state index in [4.69, 9.17) is 15.6 Å². The molecule has 0 heterocycles. The number of aliphatic hydroxyl groups excluding tert-OH is 1. The zero-order valence-corrected chi connectivity index (χ0v) is 10.7. The summed E-state index contributed by atoms with van der Waals surface area (Å²) in [5.74, 6) is 0.719. The third-order valence-corrected chi connectivity index (χ3v) is 2.84. The number of hydrogen-bond donors (Lipinski definition) is 2. The lowest BCUT2D eigenvalue weighted by molar-refractivity contribution is 0.299. The van der Waals surface area contributed by atoms with E-state index in [2.05, 4.69) is 0 Å². The van der Waals surface area contributed by atoms with Gasteiger partial charge >= 0.3 is 0 Å². The van der Waals surface area contributed by atoms with E-state index in [1.54, 1.807) is 25.1 Å². The number of nitrogen functional groups attached to an aromatic ring is 1. The Morgan fingerprint density at radius 1 is 1.21 bits per heavy atom. The van der Waals surface area contributed by atoms with Gasteiger partial charge in [0.05, 0.1) is 5.69 Å². The van der Waals surface area contributed by atoms with Gasteiger partial charge in [0.1, 0.15) is 11.6 Å². The molecule has 0 aliphatic heterocycles. The van der Waals surface area contributed by atoms with Crippen molar-refractivity contribution >= 4 is 5.69 Å². The molecule has 0 saturated heterocycles. The topological polar surface area (TPSA) is 55.5 Å². The van der Waals surface area contributed by atoms with E-state index >= 15 is 0 Å². The van der Waals surface area contributed by atoms with Crippen molar-refractivity contribution in [2.24, 2.45) is 0 Å². The van der Waals surface area contributed by atoms with Gasteiger partial charge in [0.15, 0.2) is 5.75 Å². The van der Waals surface area contributed by atoms with Crippen molar-refractivity contribution in [2.45, 2.75) is 13.3 Å². The molecule has 100 valence electrons. The number of benzene rings is 2. The average molecular weight is 261 g/mol. The van der Waals surface area contributed by atoms with Gasteiger partial charge in [0.25, 0.3) is 0 Å². The molecule has 0 aromatic heterocycles. The Kier molecular flexibility index (Phi) is 4.02. The molecule has 0 unspecified atom stereocenters. The van der Waals surface area contributed by atoms with Gasteiger partial charge in [-0.1, -0.05) is 12.1 Å². The fourth-order valence-electron chi connectivity index (χ4n) is 1.74. The van der Waals surface area contributed by atoms with Gasteiger partial charge in [-0.2, -0.15) is 0 Å². The van der Waals surface area contributed by atoms with E-state index < -0.39 is 0 Å². The normalized spacial score (nSPS) is 10.5. The SMILES string of the molecule is Cc1cc(Oc2ccc(CCO)cc2)c(N)cc1F. The Hall–Kier alpha value is -2.07. The van der Waals surface area contributed by atoms with Crippen LogP contribution in [0, 0.1) is 12.7 Å². The number of anilines is 1. The van der Waals surface area contributed by atoms with E-state index in [0.717, 1.165) is 5.56 Å². The van der Waals surface area contributed by atoms with Crippen LogP contribution in [0.1, 0.15) is 11.1 Å².